The van der Waals surface area contributed by atoms with E-state index in [9.17, 15) is 5.41 Å². The van der Waals surface area contributed by atoms with E-state index in [0.717, 1.165) is 89.3 Å². The molecule has 9 aromatic carbocycles. The second kappa shape index (κ2) is 17.3. The van der Waals surface area contributed by atoms with Crippen LogP contribution in [0.3, 0.4) is 0 Å². The molecule has 0 aliphatic carbocycles. The number of hydrogen-bond acceptors (Lipinski definition) is 5. The minimum Gasteiger partial charge on any atom is -0.354 e. The van der Waals surface area contributed by atoms with E-state index in [1.54, 1.807) is 0 Å². The molecule has 3 heterocycles. The van der Waals surface area contributed by atoms with Crippen molar-refractivity contribution in [3.8, 4) is 51.0 Å². The molecule has 12 rings (SSSR count). The normalized spacial score (nSPS) is 12.9. The Hall–Kier alpha value is -9.26. The highest BCUT2D eigenvalue weighted by Crippen LogP contribution is 2.41. The van der Waals surface area contributed by atoms with Crippen LogP contribution in [-0.4, -0.2) is 25.2 Å². The summed E-state index contributed by atoms with van der Waals surface area (Å²) < 4.78 is 2.32. The molecule has 1 aliphatic heterocycles. The SMILES string of the molecule is N=C(/C(=C1\NC(c2ccccc2)=Cc2c1cccc2-c1cccc(-c2nc(-c3ccccc3)nc(-c3ccc(-n4c5ccccc5c5ccccc54)cc3)n2)c1)c1ccccc1)c1ccccc1. The topological polar surface area (TPSA) is 79.5 Å². The first-order valence-corrected chi connectivity index (χ1v) is 22.8. The Kier molecular flexibility index (Phi) is 10.2. The van der Waals surface area contributed by atoms with Crippen molar-refractivity contribution < 1.29 is 0 Å². The third-order valence-corrected chi connectivity index (χ3v) is 12.7. The molecule has 0 unspecified atom stereocenters. The fraction of sp³-hybridized carbons (Fsp3) is 0. The molecule has 2 aromatic heterocycles. The first-order chi connectivity index (χ1) is 33.6. The molecule has 0 spiro atoms. The van der Waals surface area contributed by atoms with Crippen LogP contribution in [0.2, 0.25) is 0 Å². The van der Waals surface area contributed by atoms with Crippen molar-refractivity contribution in [2.75, 3.05) is 0 Å². The number of rotatable bonds is 9. The summed E-state index contributed by atoms with van der Waals surface area (Å²) in [6, 6.07) is 81.3. The quantitative estimate of drug-likeness (QED) is 0.142. The van der Waals surface area contributed by atoms with Gasteiger partial charge in [0.05, 0.1) is 22.4 Å². The van der Waals surface area contributed by atoms with E-state index in [4.69, 9.17) is 15.0 Å². The fourth-order valence-corrected chi connectivity index (χ4v) is 9.45. The van der Waals surface area contributed by atoms with E-state index in [-0.39, 0.29) is 0 Å². The van der Waals surface area contributed by atoms with Crippen molar-refractivity contribution in [1.82, 2.24) is 24.8 Å². The summed E-state index contributed by atoms with van der Waals surface area (Å²) in [6.07, 6.45) is 2.24. The summed E-state index contributed by atoms with van der Waals surface area (Å²) in [4.78, 5) is 15.4. The van der Waals surface area contributed by atoms with Gasteiger partial charge >= 0.3 is 0 Å². The van der Waals surface area contributed by atoms with Crippen molar-refractivity contribution in [2.24, 2.45) is 0 Å². The Morgan fingerprint density at radius 3 is 1.50 bits per heavy atom. The maximum absolute atomic E-state index is 9.74. The van der Waals surface area contributed by atoms with Gasteiger partial charge in [-0.3, -0.25) is 5.41 Å². The zero-order valence-electron chi connectivity index (χ0n) is 36.9. The predicted molar refractivity (Wildman–Crippen MR) is 280 cm³/mol. The van der Waals surface area contributed by atoms with Crippen LogP contribution in [0, 0.1) is 5.41 Å². The highest BCUT2D eigenvalue weighted by molar-refractivity contribution is 6.36. The molecule has 0 amide bonds. The van der Waals surface area contributed by atoms with Gasteiger partial charge in [0, 0.05) is 55.5 Å². The Balaban J connectivity index is 0.995. The minimum atomic E-state index is 0.438. The lowest BCUT2D eigenvalue weighted by molar-refractivity contribution is 1.07. The van der Waals surface area contributed by atoms with Gasteiger partial charge in [-0.05, 0) is 76.4 Å². The zero-order valence-corrected chi connectivity index (χ0v) is 36.9. The molecule has 0 bridgehead atoms. The summed E-state index contributed by atoms with van der Waals surface area (Å²) in [5, 5.41) is 16.0. The monoisotopic (exact) mass is 870 g/mol. The number of hydrogen-bond donors (Lipinski definition) is 2. The smallest absolute Gasteiger partial charge is 0.164 e. The van der Waals surface area contributed by atoms with Crippen LogP contribution in [-0.2, 0) is 0 Å². The molecule has 6 nitrogen and oxygen atoms in total. The fourth-order valence-electron chi connectivity index (χ4n) is 9.45. The molecule has 0 atom stereocenters. The van der Waals surface area contributed by atoms with E-state index in [1.165, 1.54) is 10.8 Å². The van der Waals surface area contributed by atoms with Crippen molar-refractivity contribution in [2.45, 2.75) is 0 Å². The second-order valence-corrected chi connectivity index (χ2v) is 16.8. The van der Waals surface area contributed by atoms with Gasteiger partial charge in [0.15, 0.2) is 17.5 Å². The third-order valence-electron chi connectivity index (χ3n) is 12.7. The molecule has 11 aromatic rings. The molecule has 0 saturated carbocycles. The summed E-state index contributed by atoms with van der Waals surface area (Å²) in [5.74, 6) is 1.78. The van der Waals surface area contributed by atoms with Crippen LogP contribution in [0.1, 0.15) is 27.8 Å². The van der Waals surface area contributed by atoms with Crippen LogP contribution in [0.25, 0.3) is 95.8 Å². The van der Waals surface area contributed by atoms with E-state index in [0.29, 0.717) is 23.2 Å². The van der Waals surface area contributed by atoms with Crippen molar-refractivity contribution in [3.63, 3.8) is 0 Å². The first-order valence-electron chi connectivity index (χ1n) is 22.8. The molecule has 0 radical (unpaired) electrons. The largest absolute Gasteiger partial charge is 0.354 e. The van der Waals surface area contributed by atoms with Crippen LogP contribution in [0.5, 0.6) is 0 Å². The van der Waals surface area contributed by atoms with Crippen LogP contribution < -0.4 is 5.32 Å². The molecule has 0 saturated heterocycles. The van der Waals surface area contributed by atoms with E-state index >= 15 is 0 Å². The van der Waals surface area contributed by atoms with Crippen molar-refractivity contribution in [1.29, 1.82) is 5.41 Å². The lowest BCUT2D eigenvalue weighted by atomic mass is 9.85. The van der Waals surface area contributed by atoms with Crippen molar-refractivity contribution in [3.05, 3.63) is 264 Å². The summed E-state index contributed by atoms with van der Waals surface area (Å²) >= 11 is 0. The first kappa shape index (κ1) is 40.3. The number of nitrogens with zero attached hydrogens (tertiary/aromatic N) is 4. The van der Waals surface area contributed by atoms with Gasteiger partial charge in [0.2, 0.25) is 0 Å². The average Bonchev–Trinajstić information content (AvgIpc) is 3.76. The van der Waals surface area contributed by atoms with Gasteiger partial charge in [-0.25, -0.2) is 15.0 Å². The van der Waals surface area contributed by atoms with Gasteiger partial charge < -0.3 is 9.88 Å². The van der Waals surface area contributed by atoms with Gasteiger partial charge in [-0.15, -0.1) is 0 Å². The third kappa shape index (κ3) is 7.36. The van der Waals surface area contributed by atoms with Gasteiger partial charge in [-0.1, -0.05) is 194 Å². The number of para-hydroxylation sites is 2. The molecule has 2 N–H and O–H groups in total. The molecule has 6 heteroatoms. The van der Waals surface area contributed by atoms with Gasteiger partial charge in [0.1, 0.15) is 0 Å². The second-order valence-electron chi connectivity index (χ2n) is 16.8. The number of nitrogens with one attached hydrogen (secondary N) is 2. The molecule has 68 heavy (non-hydrogen) atoms. The summed E-state index contributed by atoms with van der Waals surface area (Å²) in [5.41, 5.74) is 16.1. The highest BCUT2D eigenvalue weighted by atomic mass is 15.0. The standard InChI is InChI=1S/C62H42N6/c63-58(43-23-9-3-10-24-43)57(42-21-7-2-8-22-42)59-52-32-18-31-49(53(52)40-54(64-59)41-19-5-1-6-20-41)46-27-17-28-47(39-46)62-66-60(44-25-11-4-12-26-44)65-61(67-62)45-35-37-48(38-36-45)68-55-33-15-13-29-50(55)51-30-14-16-34-56(51)68/h1-40,63-64H/b59-57-,63-58?. The van der Waals surface area contributed by atoms with Crippen LogP contribution in [0.4, 0.5) is 0 Å². The van der Waals surface area contributed by atoms with E-state index in [2.05, 4.69) is 168 Å². The van der Waals surface area contributed by atoms with Crippen LogP contribution in [0.15, 0.2) is 237 Å². The molecule has 1 aliphatic rings. The molecule has 320 valence electrons. The Morgan fingerprint density at radius 1 is 0.397 bits per heavy atom. The Labute approximate surface area is 394 Å². The highest BCUT2D eigenvalue weighted by Gasteiger charge is 2.26. The number of benzene rings is 9. The number of allylic oxidation sites excluding steroid dienone is 1. The number of aromatic nitrogens is 4. The molecule has 0 fully saturated rings. The van der Waals surface area contributed by atoms with Gasteiger partial charge in [-0.2, -0.15) is 0 Å². The molecular formula is C62H42N6. The van der Waals surface area contributed by atoms with Crippen molar-refractivity contribution >= 4 is 50.6 Å². The average molecular weight is 871 g/mol. The summed E-state index contributed by atoms with van der Waals surface area (Å²) in [6.45, 7) is 0. The van der Waals surface area contributed by atoms with Gasteiger partial charge in [0.25, 0.3) is 0 Å². The van der Waals surface area contributed by atoms with Crippen LogP contribution >= 0.6 is 0 Å². The maximum Gasteiger partial charge on any atom is 0.164 e. The predicted octanol–water partition coefficient (Wildman–Crippen LogP) is 14.7. The lowest BCUT2D eigenvalue weighted by Gasteiger charge is -2.27. The zero-order chi connectivity index (χ0) is 45.4. The summed E-state index contributed by atoms with van der Waals surface area (Å²) in [7, 11) is 0. The minimum absolute atomic E-state index is 0.438. The molecular weight excluding hydrogens is 829 g/mol. The lowest BCUT2D eigenvalue weighted by Crippen LogP contribution is -2.20. The Morgan fingerprint density at radius 2 is 0.868 bits per heavy atom. The maximum atomic E-state index is 9.74. The van der Waals surface area contributed by atoms with E-state index < -0.39 is 0 Å². The van der Waals surface area contributed by atoms with E-state index in [1.807, 2.05) is 84.9 Å². The Bertz CT molecular complexity index is 3690. The number of fused-ring (bicyclic) bond motifs is 4.